The van der Waals surface area contributed by atoms with E-state index in [4.69, 9.17) is 0 Å². The number of nitrogens with one attached hydrogen (secondary N) is 2. The quantitative estimate of drug-likeness (QED) is 0.830. The summed E-state index contributed by atoms with van der Waals surface area (Å²) in [7, 11) is 4.27. The SMILES string of the molecule is Cc1c(NC(C)C(C)C)cccc1C(=O)NCC1CN(C)CCN1C. The van der Waals surface area contributed by atoms with Crippen molar-refractivity contribution in [3.05, 3.63) is 29.3 Å². The average Bonchev–Trinajstić information content (AvgIpc) is 2.57. The van der Waals surface area contributed by atoms with Crippen LogP contribution in [0.15, 0.2) is 18.2 Å². The lowest BCUT2D eigenvalue weighted by Gasteiger charge is -2.37. The predicted octanol–water partition coefficient (Wildman–Crippen LogP) is 2.43. The first kappa shape index (κ1) is 19.7. The van der Waals surface area contributed by atoms with E-state index in [-0.39, 0.29) is 5.91 Å². The second kappa shape index (κ2) is 8.68. The summed E-state index contributed by atoms with van der Waals surface area (Å²) < 4.78 is 0. The van der Waals surface area contributed by atoms with Gasteiger partial charge < -0.3 is 15.5 Å². The average molecular weight is 347 g/mol. The Morgan fingerprint density at radius 2 is 1.96 bits per heavy atom. The molecule has 5 heteroatoms. The molecule has 1 heterocycles. The Hall–Kier alpha value is -1.59. The Morgan fingerprint density at radius 3 is 2.64 bits per heavy atom. The molecule has 0 aromatic heterocycles. The molecule has 1 aromatic carbocycles. The van der Waals surface area contributed by atoms with E-state index in [2.05, 4.69) is 61.4 Å². The van der Waals surface area contributed by atoms with Crippen LogP contribution in [-0.2, 0) is 0 Å². The first-order valence-corrected chi connectivity index (χ1v) is 9.32. The van der Waals surface area contributed by atoms with Crippen molar-refractivity contribution in [2.75, 3.05) is 45.6 Å². The minimum Gasteiger partial charge on any atom is -0.382 e. The molecule has 2 unspecified atom stereocenters. The number of nitrogens with zero attached hydrogens (tertiary/aromatic N) is 2. The van der Waals surface area contributed by atoms with E-state index in [0.29, 0.717) is 24.5 Å². The summed E-state index contributed by atoms with van der Waals surface area (Å²) in [5.41, 5.74) is 2.82. The van der Waals surface area contributed by atoms with Gasteiger partial charge in [0.1, 0.15) is 0 Å². The van der Waals surface area contributed by atoms with Gasteiger partial charge >= 0.3 is 0 Å². The van der Waals surface area contributed by atoms with Crippen LogP contribution in [0.5, 0.6) is 0 Å². The fourth-order valence-corrected chi connectivity index (χ4v) is 3.08. The molecule has 2 N–H and O–H groups in total. The van der Waals surface area contributed by atoms with E-state index in [9.17, 15) is 4.79 Å². The fourth-order valence-electron chi connectivity index (χ4n) is 3.08. The number of rotatable bonds is 6. The maximum atomic E-state index is 12.7. The summed E-state index contributed by atoms with van der Waals surface area (Å²) in [5.74, 6) is 0.552. The van der Waals surface area contributed by atoms with Crippen LogP contribution in [-0.4, -0.2) is 68.1 Å². The molecule has 1 aliphatic heterocycles. The zero-order valence-electron chi connectivity index (χ0n) is 16.6. The molecule has 1 fully saturated rings. The van der Waals surface area contributed by atoms with Crippen molar-refractivity contribution >= 4 is 11.6 Å². The Bertz CT molecular complexity index is 587. The van der Waals surface area contributed by atoms with Crippen molar-refractivity contribution in [1.82, 2.24) is 15.1 Å². The Labute approximate surface area is 152 Å². The molecule has 0 saturated carbocycles. The van der Waals surface area contributed by atoms with Gasteiger partial charge in [-0.1, -0.05) is 19.9 Å². The topological polar surface area (TPSA) is 47.6 Å². The molecule has 0 aliphatic carbocycles. The third-order valence-electron chi connectivity index (χ3n) is 5.44. The predicted molar refractivity (Wildman–Crippen MR) is 105 cm³/mol. The lowest BCUT2D eigenvalue weighted by atomic mass is 10.0. The monoisotopic (exact) mass is 346 g/mol. The third kappa shape index (κ3) is 5.19. The molecule has 2 rings (SSSR count). The van der Waals surface area contributed by atoms with Gasteiger partial charge in [0, 0.05) is 49.5 Å². The molecule has 2 atom stereocenters. The van der Waals surface area contributed by atoms with Gasteiger partial charge in [-0.3, -0.25) is 9.69 Å². The highest BCUT2D eigenvalue weighted by Crippen LogP contribution is 2.21. The summed E-state index contributed by atoms with van der Waals surface area (Å²) in [4.78, 5) is 17.3. The van der Waals surface area contributed by atoms with E-state index in [0.717, 1.165) is 36.4 Å². The number of likely N-dealkylation sites (N-methyl/N-ethyl adjacent to an activating group) is 2. The molecule has 0 spiro atoms. The van der Waals surface area contributed by atoms with Crippen LogP contribution in [0, 0.1) is 12.8 Å². The smallest absolute Gasteiger partial charge is 0.251 e. The van der Waals surface area contributed by atoms with Crippen molar-refractivity contribution in [3.63, 3.8) is 0 Å². The molecule has 0 bridgehead atoms. The maximum absolute atomic E-state index is 12.7. The van der Waals surface area contributed by atoms with Crippen LogP contribution in [0.2, 0.25) is 0 Å². The highest BCUT2D eigenvalue weighted by Gasteiger charge is 2.23. The van der Waals surface area contributed by atoms with Gasteiger partial charge in [0.05, 0.1) is 0 Å². The maximum Gasteiger partial charge on any atom is 0.251 e. The van der Waals surface area contributed by atoms with Crippen LogP contribution < -0.4 is 10.6 Å². The number of hydrogen-bond donors (Lipinski definition) is 2. The number of hydrogen-bond acceptors (Lipinski definition) is 4. The molecule has 1 saturated heterocycles. The standard InChI is InChI=1S/C20H34N4O/c1-14(2)16(4)22-19-9-7-8-18(15(19)3)20(25)21-12-17-13-23(5)10-11-24(17)6/h7-9,14,16-17,22H,10-13H2,1-6H3,(H,21,25). The first-order valence-electron chi connectivity index (χ1n) is 9.32. The second-order valence-corrected chi connectivity index (χ2v) is 7.76. The molecule has 5 nitrogen and oxygen atoms in total. The van der Waals surface area contributed by atoms with Gasteiger partial charge in [0.15, 0.2) is 0 Å². The largest absolute Gasteiger partial charge is 0.382 e. The Kier molecular flexibility index (Phi) is 6.85. The normalized spacial score (nSPS) is 20.5. The van der Waals surface area contributed by atoms with E-state index in [1.807, 2.05) is 19.1 Å². The molecule has 25 heavy (non-hydrogen) atoms. The zero-order chi connectivity index (χ0) is 18.6. The summed E-state index contributed by atoms with van der Waals surface area (Å²) >= 11 is 0. The number of anilines is 1. The van der Waals surface area contributed by atoms with E-state index in [1.54, 1.807) is 0 Å². The highest BCUT2D eigenvalue weighted by molar-refractivity contribution is 5.97. The van der Waals surface area contributed by atoms with E-state index in [1.165, 1.54) is 0 Å². The van der Waals surface area contributed by atoms with Gasteiger partial charge in [-0.05, 0) is 51.6 Å². The van der Waals surface area contributed by atoms with Crippen LogP contribution in [0.4, 0.5) is 5.69 Å². The molecule has 1 aromatic rings. The molecule has 0 radical (unpaired) electrons. The number of benzene rings is 1. The Morgan fingerprint density at radius 1 is 1.24 bits per heavy atom. The minimum absolute atomic E-state index is 0.0139. The Balaban J connectivity index is 2.01. The summed E-state index contributed by atoms with van der Waals surface area (Å²) in [5, 5.41) is 6.66. The summed E-state index contributed by atoms with van der Waals surface area (Å²) in [6, 6.07) is 6.65. The minimum atomic E-state index is 0.0139. The zero-order valence-corrected chi connectivity index (χ0v) is 16.6. The molecule has 1 aliphatic rings. The van der Waals surface area contributed by atoms with E-state index < -0.39 is 0 Å². The molecule has 1 amide bonds. The number of carbonyl (C=O) groups is 1. The molecular weight excluding hydrogens is 312 g/mol. The fraction of sp³-hybridized carbons (Fsp3) is 0.650. The van der Waals surface area contributed by atoms with Gasteiger partial charge in [-0.25, -0.2) is 0 Å². The summed E-state index contributed by atoms with van der Waals surface area (Å²) in [6.45, 7) is 12.4. The number of amides is 1. The lowest BCUT2D eigenvalue weighted by Crippen LogP contribution is -2.54. The van der Waals surface area contributed by atoms with Crippen LogP contribution in [0.3, 0.4) is 0 Å². The molecular formula is C20H34N4O. The van der Waals surface area contributed by atoms with Gasteiger partial charge in [-0.15, -0.1) is 0 Å². The van der Waals surface area contributed by atoms with Crippen molar-refractivity contribution in [2.45, 2.75) is 39.8 Å². The van der Waals surface area contributed by atoms with E-state index >= 15 is 0 Å². The van der Waals surface area contributed by atoms with Crippen molar-refractivity contribution < 1.29 is 4.79 Å². The lowest BCUT2D eigenvalue weighted by molar-refractivity contribution is 0.0880. The number of piperazine rings is 1. The first-order chi connectivity index (χ1) is 11.8. The van der Waals surface area contributed by atoms with Crippen molar-refractivity contribution in [1.29, 1.82) is 0 Å². The van der Waals surface area contributed by atoms with Crippen LogP contribution in [0.1, 0.15) is 36.7 Å². The van der Waals surface area contributed by atoms with Crippen molar-refractivity contribution in [3.8, 4) is 0 Å². The molecule has 140 valence electrons. The van der Waals surface area contributed by atoms with Crippen LogP contribution >= 0.6 is 0 Å². The second-order valence-electron chi connectivity index (χ2n) is 7.76. The van der Waals surface area contributed by atoms with Gasteiger partial charge in [-0.2, -0.15) is 0 Å². The van der Waals surface area contributed by atoms with Gasteiger partial charge in [0.2, 0.25) is 0 Å². The van der Waals surface area contributed by atoms with Crippen molar-refractivity contribution in [2.24, 2.45) is 5.92 Å². The number of carbonyl (C=O) groups excluding carboxylic acids is 1. The van der Waals surface area contributed by atoms with Crippen LogP contribution in [0.25, 0.3) is 0 Å². The highest BCUT2D eigenvalue weighted by atomic mass is 16.1. The van der Waals surface area contributed by atoms with Gasteiger partial charge in [0.25, 0.3) is 5.91 Å². The summed E-state index contributed by atoms with van der Waals surface area (Å²) in [6.07, 6.45) is 0. The third-order valence-corrected chi connectivity index (χ3v) is 5.44.